The first-order valence-electron chi connectivity index (χ1n) is 8.24. The molecular formula is C19H22N2O4S. The molecule has 0 aliphatic heterocycles. The molecule has 0 bridgehead atoms. The van der Waals surface area contributed by atoms with Gasteiger partial charge in [0, 0.05) is 17.9 Å². The first-order valence-corrected chi connectivity index (χ1v) is 9.40. The molecule has 0 aliphatic carbocycles. The van der Waals surface area contributed by atoms with Crippen molar-refractivity contribution < 1.29 is 14.5 Å². The lowest BCUT2D eigenvalue weighted by atomic mass is 10.2. The monoisotopic (exact) mass is 374 g/mol. The maximum absolute atomic E-state index is 12.0. The second-order valence-electron chi connectivity index (χ2n) is 5.96. The molecule has 0 aromatic heterocycles. The average molecular weight is 374 g/mol. The number of hydrogen-bond donors (Lipinski definition) is 1. The van der Waals surface area contributed by atoms with Gasteiger partial charge in [-0.05, 0) is 31.0 Å². The molecule has 1 amide bonds. The summed E-state index contributed by atoms with van der Waals surface area (Å²) < 4.78 is 5.73. The highest BCUT2D eigenvalue weighted by Gasteiger charge is 2.10. The van der Waals surface area contributed by atoms with Crippen LogP contribution < -0.4 is 10.1 Å². The summed E-state index contributed by atoms with van der Waals surface area (Å²) in [7, 11) is 0. The van der Waals surface area contributed by atoms with E-state index in [1.54, 1.807) is 12.1 Å². The van der Waals surface area contributed by atoms with Crippen LogP contribution in [-0.4, -0.2) is 29.2 Å². The molecule has 1 N–H and O–H groups in total. The first kappa shape index (κ1) is 19.8. The highest BCUT2D eigenvalue weighted by Crippen LogP contribution is 2.17. The van der Waals surface area contributed by atoms with Crippen LogP contribution in [-0.2, 0) is 10.5 Å². The number of carbonyl (C=O) groups excluding carboxylic acids is 1. The van der Waals surface area contributed by atoms with Gasteiger partial charge in [0.05, 0.1) is 16.7 Å². The van der Waals surface area contributed by atoms with Crippen molar-refractivity contribution in [3.63, 3.8) is 0 Å². The third kappa shape index (κ3) is 6.40. The molecule has 0 radical (unpaired) electrons. The van der Waals surface area contributed by atoms with Crippen molar-refractivity contribution in [3.8, 4) is 5.75 Å². The number of carbonyl (C=O) groups is 1. The lowest BCUT2D eigenvalue weighted by Crippen LogP contribution is -2.37. The Morgan fingerprint density at radius 1 is 1.23 bits per heavy atom. The van der Waals surface area contributed by atoms with Crippen LogP contribution >= 0.6 is 11.8 Å². The quantitative estimate of drug-likeness (QED) is 0.534. The molecule has 2 rings (SSSR count). The van der Waals surface area contributed by atoms with Crippen molar-refractivity contribution >= 4 is 23.4 Å². The molecule has 1 unspecified atom stereocenters. The molecule has 0 saturated heterocycles. The Kier molecular flexibility index (Phi) is 7.47. The number of nitrogens with zero attached hydrogens (tertiary/aromatic N) is 1. The number of rotatable bonds is 9. The van der Waals surface area contributed by atoms with Crippen molar-refractivity contribution in [2.45, 2.75) is 25.6 Å². The number of benzene rings is 2. The van der Waals surface area contributed by atoms with Crippen LogP contribution in [0.1, 0.15) is 18.1 Å². The lowest BCUT2D eigenvalue weighted by Gasteiger charge is -2.16. The van der Waals surface area contributed by atoms with E-state index < -0.39 is 4.92 Å². The van der Waals surface area contributed by atoms with Gasteiger partial charge in [0.25, 0.3) is 5.69 Å². The fourth-order valence-electron chi connectivity index (χ4n) is 2.27. The van der Waals surface area contributed by atoms with E-state index >= 15 is 0 Å². The maximum Gasteiger partial charge on any atom is 0.269 e. The minimum absolute atomic E-state index is 0.0576. The van der Waals surface area contributed by atoms with Crippen LogP contribution in [0.15, 0.2) is 48.5 Å². The largest absolute Gasteiger partial charge is 0.491 e. The van der Waals surface area contributed by atoms with E-state index in [9.17, 15) is 14.9 Å². The van der Waals surface area contributed by atoms with Crippen molar-refractivity contribution in [2.24, 2.45) is 0 Å². The Bertz CT molecular complexity index is 749. The molecule has 0 heterocycles. The summed E-state index contributed by atoms with van der Waals surface area (Å²) in [6, 6.07) is 14.0. The van der Waals surface area contributed by atoms with Gasteiger partial charge in [-0.2, -0.15) is 0 Å². The second-order valence-corrected chi connectivity index (χ2v) is 6.95. The maximum atomic E-state index is 12.0. The SMILES string of the molecule is Cc1ccccc1OCC(C)NC(=O)CSCc1ccc([N+](=O)[O-])cc1. The zero-order chi connectivity index (χ0) is 18.9. The smallest absolute Gasteiger partial charge is 0.269 e. The summed E-state index contributed by atoms with van der Waals surface area (Å²) in [6.07, 6.45) is 0. The van der Waals surface area contributed by atoms with E-state index in [-0.39, 0.29) is 17.6 Å². The van der Waals surface area contributed by atoms with E-state index in [1.807, 2.05) is 38.1 Å². The predicted molar refractivity (Wildman–Crippen MR) is 104 cm³/mol. The number of thioether (sulfide) groups is 1. The number of hydrogen-bond acceptors (Lipinski definition) is 5. The summed E-state index contributed by atoms with van der Waals surface area (Å²) in [5.41, 5.74) is 2.08. The lowest BCUT2D eigenvalue weighted by molar-refractivity contribution is -0.384. The van der Waals surface area contributed by atoms with Crippen LogP contribution in [0.5, 0.6) is 5.75 Å². The van der Waals surface area contributed by atoms with Crippen molar-refractivity contribution in [2.75, 3.05) is 12.4 Å². The standard InChI is InChI=1S/C19H22N2O4S/c1-14-5-3-4-6-18(14)25-11-15(2)20-19(22)13-26-12-16-7-9-17(10-8-16)21(23)24/h3-10,15H,11-13H2,1-2H3,(H,20,22). The van der Waals surface area contributed by atoms with E-state index in [0.29, 0.717) is 18.1 Å². The first-order chi connectivity index (χ1) is 12.5. The molecule has 0 spiro atoms. The third-order valence-corrected chi connectivity index (χ3v) is 4.64. The Hall–Kier alpha value is -2.54. The van der Waals surface area contributed by atoms with Gasteiger partial charge < -0.3 is 10.1 Å². The van der Waals surface area contributed by atoms with Gasteiger partial charge in [-0.15, -0.1) is 11.8 Å². The number of para-hydroxylation sites is 1. The summed E-state index contributed by atoms with van der Waals surface area (Å²) in [5, 5.41) is 13.5. The van der Waals surface area contributed by atoms with Gasteiger partial charge in [-0.25, -0.2) is 0 Å². The van der Waals surface area contributed by atoms with Crippen LogP contribution in [0.25, 0.3) is 0 Å². The molecular weight excluding hydrogens is 352 g/mol. The van der Waals surface area contributed by atoms with E-state index in [2.05, 4.69) is 5.32 Å². The predicted octanol–water partition coefficient (Wildman–Crippen LogP) is 3.72. The second kappa shape index (κ2) is 9.82. The Morgan fingerprint density at radius 2 is 1.92 bits per heavy atom. The van der Waals surface area contributed by atoms with Crippen molar-refractivity contribution in [3.05, 3.63) is 69.8 Å². The van der Waals surface area contributed by atoms with Gasteiger partial charge in [0.1, 0.15) is 12.4 Å². The minimum Gasteiger partial charge on any atom is -0.491 e. The van der Waals surface area contributed by atoms with Crippen LogP contribution in [0.3, 0.4) is 0 Å². The molecule has 6 nitrogen and oxygen atoms in total. The summed E-state index contributed by atoms with van der Waals surface area (Å²) >= 11 is 1.46. The molecule has 7 heteroatoms. The Morgan fingerprint density at radius 3 is 2.58 bits per heavy atom. The average Bonchev–Trinajstić information content (AvgIpc) is 2.61. The van der Waals surface area contributed by atoms with Crippen molar-refractivity contribution in [1.29, 1.82) is 0 Å². The topological polar surface area (TPSA) is 81.5 Å². The van der Waals surface area contributed by atoms with E-state index in [0.717, 1.165) is 16.9 Å². The fraction of sp³-hybridized carbons (Fsp3) is 0.316. The van der Waals surface area contributed by atoms with Gasteiger partial charge in [0.2, 0.25) is 5.91 Å². The van der Waals surface area contributed by atoms with Gasteiger partial charge in [0.15, 0.2) is 0 Å². The summed E-state index contributed by atoms with van der Waals surface area (Å²) in [6.45, 7) is 4.29. The Balaban J connectivity index is 1.68. The molecule has 138 valence electrons. The number of nitro groups is 1. The van der Waals surface area contributed by atoms with Crippen LogP contribution in [0, 0.1) is 17.0 Å². The van der Waals surface area contributed by atoms with Crippen molar-refractivity contribution in [1.82, 2.24) is 5.32 Å². The number of nitrogens with one attached hydrogen (secondary N) is 1. The highest BCUT2D eigenvalue weighted by atomic mass is 32.2. The van der Waals surface area contributed by atoms with Crippen LogP contribution in [0.2, 0.25) is 0 Å². The molecule has 26 heavy (non-hydrogen) atoms. The van der Waals surface area contributed by atoms with E-state index in [4.69, 9.17) is 4.74 Å². The highest BCUT2D eigenvalue weighted by molar-refractivity contribution is 7.99. The molecule has 1 atom stereocenters. The zero-order valence-electron chi connectivity index (χ0n) is 14.8. The number of nitro benzene ring substituents is 1. The molecule has 2 aromatic rings. The molecule has 0 saturated carbocycles. The minimum atomic E-state index is -0.426. The Labute approximate surface area is 157 Å². The third-order valence-electron chi connectivity index (χ3n) is 3.64. The normalized spacial score (nSPS) is 11.6. The fourth-order valence-corrected chi connectivity index (χ4v) is 3.07. The number of non-ortho nitro benzene ring substituents is 1. The number of amides is 1. The summed E-state index contributed by atoms with van der Waals surface area (Å²) in [4.78, 5) is 22.2. The molecule has 0 aliphatic rings. The molecule has 0 fully saturated rings. The summed E-state index contributed by atoms with van der Waals surface area (Å²) in [5.74, 6) is 1.71. The van der Waals surface area contributed by atoms with Gasteiger partial charge in [-0.3, -0.25) is 14.9 Å². The van der Waals surface area contributed by atoms with E-state index in [1.165, 1.54) is 23.9 Å². The van der Waals surface area contributed by atoms with Gasteiger partial charge >= 0.3 is 0 Å². The number of aryl methyl sites for hydroxylation is 1. The molecule has 2 aromatic carbocycles. The number of ether oxygens (including phenoxy) is 1. The van der Waals surface area contributed by atoms with Crippen LogP contribution in [0.4, 0.5) is 5.69 Å². The van der Waals surface area contributed by atoms with Gasteiger partial charge in [-0.1, -0.05) is 30.3 Å². The zero-order valence-corrected chi connectivity index (χ0v) is 15.6.